The summed E-state index contributed by atoms with van der Waals surface area (Å²) < 4.78 is 0. The number of amides is 1. The van der Waals surface area contributed by atoms with Gasteiger partial charge in [-0.05, 0) is 0 Å². The van der Waals surface area contributed by atoms with Crippen LogP contribution in [0.3, 0.4) is 0 Å². The van der Waals surface area contributed by atoms with Crippen LogP contribution in [-0.4, -0.2) is 13.1 Å². The standard InChI is InChI=1S/C2H5NO2/c1-3-2(4)5/h3H,1H3,(H,4,5)/p-1. The Hall–Kier alpha value is -0.730. The first-order valence-corrected chi connectivity index (χ1v) is 1.16. The van der Waals surface area contributed by atoms with Crippen LogP contribution in [-0.2, 0) is 0 Å². The average Bonchev–Trinajstić information content (AvgIpc) is 1.38. The fraction of sp³-hybridized carbons (Fsp3) is 0.500. The summed E-state index contributed by atoms with van der Waals surface area (Å²) in [7, 11) is 1.29. The summed E-state index contributed by atoms with van der Waals surface area (Å²) in [6, 6.07) is 0. The predicted octanol–water partition coefficient (Wildman–Crippen LogP) is -1.45. The van der Waals surface area contributed by atoms with E-state index in [1.807, 2.05) is 5.32 Å². The maximum Gasteiger partial charge on any atom is 0.133 e. The van der Waals surface area contributed by atoms with E-state index in [9.17, 15) is 0 Å². The van der Waals surface area contributed by atoms with E-state index in [0.29, 0.717) is 0 Å². The Morgan fingerprint density at radius 1 is 2.00 bits per heavy atom. The molecule has 0 spiro atoms. The maximum absolute atomic E-state index is 9.15. The first-order valence-electron chi connectivity index (χ1n) is 1.16. The van der Waals surface area contributed by atoms with Crippen molar-refractivity contribution in [2.75, 3.05) is 7.05 Å². The summed E-state index contributed by atoms with van der Waals surface area (Å²) in [6.45, 7) is 0. The normalized spacial score (nSPS) is 6.60. The lowest BCUT2D eigenvalue weighted by molar-refractivity contribution is -0.250. The molecular weight excluding hydrogens is 70.0 g/mol. The summed E-state index contributed by atoms with van der Waals surface area (Å²) in [5, 5.41) is 11.0. The van der Waals surface area contributed by atoms with E-state index in [4.69, 9.17) is 9.90 Å². The molecule has 0 aliphatic rings. The summed E-state index contributed by atoms with van der Waals surface area (Å²) in [6.07, 6.45) is -1.25. The van der Waals surface area contributed by atoms with Crippen molar-refractivity contribution in [2.45, 2.75) is 0 Å². The van der Waals surface area contributed by atoms with Crippen molar-refractivity contribution in [3.05, 3.63) is 0 Å². The van der Waals surface area contributed by atoms with E-state index in [2.05, 4.69) is 0 Å². The van der Waals surface area contributed by atoms with Gasteiger partial charge in [-0.25, -0.2) is 0 Å². The highest BCUT2D eigenvalue weighted by atomic mass is 16.4. The van der Waals surface area contributed by atoms with Gasteiger partial charge in [0.15, 0.2) is 0 Å². The highest BCUT2D eigenvalue weighted by Crippen LogP contribution is 1.36. The second-order valence-electron chi connectivity index (χ2n) is 0.537. The number of carbonyl (C=O) groups is 1. The Labute approximate surface area is 29.6 Å². The molecule has 3 nitrogen and oxygen atoms in total. The van der Waals surface area contributed by atoms with E-state index < -0.39 is 6.09 Å². The first-order chi connectivity index (χ1) is 2.27. The lowest BCUT2D eigenvalue weighted by Crippen LogP contribution is -2.33. The van der Waals surface area contributed by atoms with Gasteiger partial charge < -0.3 is 15.2 Å². The third-order valence-corrected chi connectivity index (χ3v) is 0.204. The van der Waals surface area contributed by atoms with Crippen molar-refractivity contribution < 1.29 is 9.90 Å². The molecule has 0 saturated carbocycles. The van der Waals surface area contributed by atoms with Crippen LogP contribution in [0.25, 0.3) is 0 Å². The van der Waals surface area contributed by atoms with Crippen molar-refractivity contribution >= 4 is 6.09 Å². The lowest BCUT2D eigenvalue weighted by atomic mass is 11.1. The minimum absolute atomic E-state index is 1.25. The molecule has 0 aromatic carbocycles. The molecular formula is C2H4NO2-. The van der Waals surface area contributed by atoms with Crippen LogP contribution in [0.1, 0.15) is 0 Å². The lowest BCUT2D eigenvalue weighted by Gasteiger charge is -1.92. The van der Waals surface area contributed by atoms with Crippen LogP contribution in [0.5, 0.6) is 0 Å². The third kappa shape index (κ3) is 3.27. The summed E-state index contributed by atoms with van der Waals surface area (Å²) in [5.41, 5.74) is 0. The molecule has 0 aliphatic heterocycles. The van der Waals surface area contributed by atoms with Crippen LogP contribution in [0.2, 0.25) is 0 Å². The number of carbonyl (C=O) groups excluding carboxylic acids is 1. The maximum atomic E-state index is 9.15. The van der Waals surface area contributed by atoms with Gasteiger partial charge in [-0.2, -0.15) is 0 Å². The van der Waals surface area contributed by atoms with E-state index in [-0.39, 0.29) is 0 Å². The van der Waals surface area contributed by atoms with Gasteiger partial charge in [0.05, 0.1) is 0 Å². The number of hydrogen-bond acceptors (Lipinski definition) is 2. The van der Waals surface area contributed by atoms with Crippen LogP contribution in [0.4, 0.5) is 4.79 Å². The number of carboxylic acid groups (broad SMARTS) is 1. The Bertz CT molecular complexity index is 42.9. The fourth-order valence-corrected chi connectivity index (χ4v) is 0. The first kappa shape index (κ1) is 4.27. The minimum Gasteiger partial charge on any atom is -0.530 e. The van der Waals surface area contributed by atoms with Crippen LogP contribution in [0.15, 0.2) is 0 Å². The van der Waals surface area contributed by atoms with Crippen LogP contribution in [0, 0.1) is 0 Å². The van der Waals surface area contributed by atoms with E-state index in [1.165, 1.54) is 7.05 Å². The van der Waals surface area contributed by atoms with Crippen molar-refractivity contribution in [1.82, 2.24) is 5.32 Å². The molecule has 0 aromatic heterocycles. The highest BCUT2D eigenvalue weighted by Gasteiger charge is 1.59. The molecule has 0 aromatic rings. The van der Waals surface area contributed by atoms with Gasteiger partial charge in [0.2, 0.25) is 0 Å². The Kier molecular flexibility index (Phi) is 1.35. The zero-order valence-corrected chi connectivity index (χ0v) is 2.82. The van der Waals surface area contributed by atoms with Crippen LogP contribution < -0.4 is 10.4 Å². The van der Waals surface area contributed by atoms with Crippen molar-refractivity contribution in [2.24, 2.45) is 0 Å². The molecule has 0 fully saturated rings. The van der Waals surface area contributed by atoms with Gasteiger partial charge in [0.25, 0.3) is 0 Å². The second kappa shape index (κ2) is 1.58. The van der Waals surface area contributed by atoms with Gasteiger partial charge >= 0.3 is 0 Å². The summed E-state index contributed by atoms with van der Waals surface area (Å²) in [4.78, 5) is 9.15. The Morgan fingerprint density at radius 3 is 2.20 bits per heavy atom. The molecule has 3 heteroatoms. The number of hydrogen-bond donors (Lipinski definition) is 1. The predicted molar refractivity (Wildman–Crippen MR) is 14.5 cm³/mol. The molecule has 0 unspecified atom stereocenters. The minimum atomic E-state index is -1.25. The Morgan fingerprint density at radius 2 is 2.20 bits per heavy atom. The Balaban J connectivity index is 2.85. The molecule has 0 bridgehead atoms. The quantitative estimate of drug-likeness (QED) is 0.382. The summed E-state index contributed by atoms with van der Waals surface area (Å²) >= 11 is 0. The SMILES string of the molecule is CNC(=O)[O-]. The number of nitrogens with one attached hydrogen (secondary N) is 1. The molecule has 0 atom stereocenters. The molecule has 1 amide bonds. The van der Waals surface area contributed by atoms with E-state index in [1.54, 1.807) is 0 Å². The molecule has 5 heavy (non-hydrogen) atoms. The van der Waals surface area contributed by atoms with E-state index >= 15 is 0 Å². The molecule has 30 valence electrons. The second-order valence-corrected chi connectivity index (χ2v) is 0.537. The molecule has 0 radical (unpaired) electrons. The van der Waals surface area contributed by atoms with E-state index in [0.717, 1.165) is 0 Å². The molecule has 0 saturated heterocycles. The fourth-order valence-electron chi connectivity index (χ4n) is 0. The topological polar surface area (TPSA) is 52.2 Å². The van der Waals surface area contributed by atoms with Gasteiger partial charge in [-0.15, -0.1) is 0 Å². The molecule has 0 rings (SSSR count). The molecule has 0 aliphatic carbocycles. The molecule has 1 N–H and O–H groups in total. The highest BCUT2D eigenvalue weighted by molar-refractivity contribution is 5.61. The third-order valence-electron chi connectivity index (χ3n) is 0.204. The monoisotopic (exact) mass is 74.0 g/mol. The van der Waals surface area contributed by atoms with Crippen molar-refractivity contribution in [3.8, 4) is 0 Å². The molecule has 0 heterocycles. The van der Waals surface area contributed by atoms with Crippen LogP contribution >= 0.6 is 0 Å². The van der Waals surface area contributed by atoms with Gasteiger partial charge in [-0.3, -0.25) is 0 Å². The van der Waals surface area contributed by atoms with Crippen molar-refractivity contribution in [3.63, 3.8) is 0 Å². The number of rotatable bonds is 0. The largest absolute Gasteiger partial charge is 0.530 e. The van der Waals surface area contributed by atoms with Crippen molar-refractivity contribution in [1.29, 1.82) is 0 Å². The van der Waals surface area contributed by atoms with Gasteiger partial charge in [-0.1, -0.05) is 0 Å². The van der Waals surface area contributed by atoms with Gasteiger partial charge in [0, 0.05) is 7.05 Å². The zero-order chi connectivity index (χ0) is 4.28. The summed E-state index contributed by atoms with van der Waals surface area (Å²) in [5.74, 6) is 0. The zero-order valence-electron chi connectivity index (χ0n) is 2.82. The average molecular weight is 74.1 g/mol. The van der Waals surface area contributed by atoms with Gasteiger partial charge in [0.1, 0.15) is 6.09 Å². The smallest absolute Gasteiger partial charge is 0.133 e.